The lowest BCUT2D eigenvalue weighted by Gasteiger charge is -2.01. The van der Waals surface area contributed by atoms with Gasteiger partial charge in [-0.25, -0.2) is 14.4 Å². The number of ether oxygens (including phenoxy) is 1. The van der Waals surface area contributed by atoms with E-state index in [9.17, 15) is 14.4 Å². The molecule has 6 heteroatoms. The van der Waals surface area contributed by atoms with E-state index in [4.69, 9.17) is 5.11 Å². The van der Waals surface area contributed by atoms with E-state index in [2.05, 4.69) is 11.3 Å². The number of alkyl carbamates (subject to hydrolysis) is 1. The molecular formula is C9H11NO5. The highest BCUT2D eigenvalue weighted by molar-refractivity contribution is 5.95. The van der Waals surface area contributed by atoms with Crippen LogP contribution in [0.3, 0.4) is 0 Å². The maximum absolute atomic E-state index is 10.9. The molecule has 82 valence electrons. The molecule has 0 unspecified atom stereocenters. The summed E-state index contributed by atoms with van der Waals surface area (Å²) in [4.78, 5) is 32.0. The van der Waals surface area contributed by atoms with E-state index in [1.54, 1.807) is 0 Å². The molecule has 0 heterocycles. The summed E-state index contributed by atoms with van der Waals surface area (Å²) in [6.45, 7) is 5.93. The van der Waals surface area contributed by atoms with Crippen molar-refractivity contribution >= 4 is 18.0 Å². The third kappa shape index (κ3) is 5.25. The molecule has 0 atom stereocenters. The summed E-state index contributed by atoms with van der Waals surface area (Å²) in [6.07, 6.45) is -0.125. The van der Waals surface area contributed by atoms with Crippen LogP contribution >= 0.6 is 0 Å². The number of hydrogen-bond donors (Lipinski definition) is 2. The second kappa shape index (κ2) is 5.58. The van der Waals surface area contributed by atoms with Gasteiger partial charge in [0, 0.05) is 11.8 Å². The zero-order valence-corrected chi connectivity index (χ0v) is 8.36. The molecule has 0 aliphatic carbocycles. The Balaban J connectivity index is 4.17. The molecule has 0 rings (SSSR count). The molecule has 1 amide bonds. The Kier molecular flexibility index (Phi) is 4.80. The van der Waals surface area contributed by atoms with E-state index >= 15 is 0 Å². The quantitative estimate of drug-likeness (QED) is 0.411. The number of nitrogens with one attached hydrogen (secondary N) is 1. The highest BCUT2D eigenvalue weighted by atomic mass is 16.6. The van der Waals surface area contributed by atoms with Gasteiger partial charge < -0.3 is 9.84 Å². The van der Waals surface area contributed by atoms with Crippen LogP contribution in [-0.4, -0.2) is 23.1 Å². The Hall–Kier alpha value is -2.11. The predicted molar refractivity (Wildman–Crippen MR) is 50.8 cm³/mol. The van der Waals surface area contributed by atoms with Gasteiger partial charge in [0.2, 0.25) is 0 Å². The zero-order chi connectivity index (χ0) is 12.0. The fourth-order valence-corrected chi connectivity index (χ4v) is 0.430. The fraction of sp³-hybridized carbons (Fsp3) is 0.222. The first-order chi connectivity index (χ1) is 6.84. The molecule has 0 saturated carbocycles. The Morgan fingerprint density at radius 1 is 1.33 bits per heavy atom. The van der Waals surface area contributed by atoms with Gasteiger partial charge in [0.25, 0.3) is 0 Å². The van der Waals surface area contributed by atoms with Gasteiger partial charge in [0.15, 0.2) is 0 Å². The number of carbonyl (C=O) groups excluding carboxylic acids is 2. The number of esters is 1. The minimum absolute atomic E-state index is 0.0732. The number of amides is 1. The Morgan fingerprint density at radius 3 is 2.27 bits per heavy atom. The maximum Gasteiger partial charge on any atom is 0.419 e. The summed E-state index contributed by atoms with van der Waals surface area (Å²) in [6, 6.07) is 0. The van der Waals surface area contributed by atoms with Gasteiger partial charge in [0.05, 0.1) is 5.57 Å². The van der Waals surface area contributed by atoms with E-state index in [0.717, 1.165) is 6.20 Å². The van der Waals surface area contributed by atoms with Crippen LogP contribution in [0.25, 0.3) is 0 Å². The molecule has 2 N–H and O–H groups in total. The van der Waals surface area contributed by atoms with Crippen LogP contribution in [0.15, 0.2) is 23.9 Å². The van der Waals surface area contributed by atoms with Crippen molar-refractivity contribution in [2.75, 3.05) is 0 Å². The fourth-order valence-electron chi connectivity index (χ4n) is 0.430. The van der Waals surface area contributed by atoms with Gasteiger partial charge in [-0.2, -0.15) is 0 Å². The highest BCUT2D eigenvalue weighted by Gasteiger charge is 2.09. The van der Waals surface area contributed by atoms with Crippen LogP contribution in [0.2, 0.25) is 0 Å². The lowest BCUT2D eigenvalue weighted by atomic mass is 10.3. The summed E-state index contributed by atoms with van der Waals surface area (Å²) in [5.74, 6) is -2.05. The summed E-state index contributed by atoms with van der Waals surface area (Å²) in [7, 11) is 0. The molecule has 0 aromatic carbocycles. The zero-order valence-electron chi connectivity index (χ0n) is 8.36. The van der Waals surface area contributed by atoms with Crippen LogP contribution in [-0.2, 0) is 14.3 Å². The van der Waals surface area contributed by atoms with E-state index in [1.807, 2.05) is 5.32 Å². The topological polar surface area (TPSA) is 92.7 Å². The lowest BCUT2D eigenvalue weighted by molar-refractivity contribution is -0.133. The van der Waals surface area contributed by atoms with Crippen LogP contribution in [0.5, 0.6) is 0 Å². The number of rotatable bonds is 3. The second-order valence-electron chi connectivity index (χ2n) is 2.73. The first kappa shape index (κ1) is 12.9. The SMILES string of the molecule is C=C(C)C(=O)OC(=O)NC=C(C)C(=O)O. The lowest BCUT2D eigenvalue weighted by Crippen LogP contribution is -2.23. The number of carbonyl (C=O) groups is 3. The van der Waals surface area contributed by atoms with Crippen LogP contribution in [0, 0.1) is 0 Å². The van der Waals surface area contributed by atoms with E-state index in [1.165, 1.54) is 13.8 Å². The molecule has 6 nitrogen and oxygen atoms in total. The van der Waals surface area contributed by atoms with Crippen molar-refractivity contribution in [1.82, 2.24) is 5.32 Å². The summed E-state index contributed by atoms with van der Waals surface area (Å²) in [5, 5.41) is 10.4. The van der Waals surface area contributed by atoms with E-state index in [0.29, 0.717) is 0 Å². The van der Waals surface area contributed by atoms with Gasteiger partial charge >= 0.3 is 18.0 Å². The predicted octanol–water partition coefficient (Wildman–Crippen LogP) is 0.804. The van der Waals surface area contributed by atoms with Gasteiger partial charge in [0.1, 0.15) is 0 Å². The van der Waals surface area contributed by atoms with E-state index < -0.39 is 18.0 Å². The number of aliphatic carboxylic acids is 1. The molecule has 0 fully saturated rings. The molecule has 0 spiro atoms. The first-order valence-electron chi connectivity index (χ1n) is 3.93. The van der Waals surface area contributed by atoms with Gasteiger partial charge in [-0.3, -0.25) is 5.32 Å². The van der Waals surface area contributed by atoms with Crippen LogP contribution in [0.1, 0.15) is 13.8 Å². The minimum Gasteiger partial charge on any atom is -0.478 e. The summed E-state index contributed by atoms with van der Waals surface area (Å²) < 4.78 is 4.22. The summed E-state index contributed by atoms with van der Waals surface area (Å²) >= 11 is 0. The second-order valence-corrected chi connectivity index (χ2v) is 2.73. The van der Waals surface area contributed by atoms with Gasteiger partial charge in [-0.1, -0.05) is 6.58 Å². The third-order valence-corrected chi connectivity index (χ3v) is 1.28. The largest absolute Gasteiger partial charge is 0.478 e. The summed E-state index contributed by atoms with van der Waals surface area (Å²) in [5.41, 5.74) is -0.0150. The molecule has 0 bridgehead atoms. The maximum atomic E-state index is 10.9. The van der Waals surface area contributed by atoms with Gasteiger partial charge in [-0.15, -0.1) is 0 Å². The molecule has 0 aliphatic rings. The normalized spacial score (nSPS) is 10.4. The molecule has 15 heavy (non-hydrogen) atoms. The van der Waals surface area contributed by atoms with Crippen LogP contribution < -0.4 is 5.32 Å². The van der Waals surface area contributed by atoms with Crippen molar-refractivity contribution in [3.8, 4) is 0 Å². The van der Waals surface area contributed by atoms with Crippen molar-refractivity contribution in [3.63, 3.8) is 0 Å². The van der Waals surface area contributed by atoms with Crippen molar-refractivity contribution in [3.05, 3.63) is 23.9 Å². The monoisotopic (exact) mass is 213 g/mol. The Morgan fingerprint density at radius 2 is 1.87 bits per heavy atom. The smallest absolute Gasteiger partial charge is 0.419 e. The standard InChI is InChI=1S/C9H11NO5/c1-5(2)8(13)15-9(14)10-4-6(3)7(11)12/h4H,1H2,2-3H3,(H,10,14)(H,11,12). The van der Waals surface area contributed by atoms with E-state index in [-0.39, 0.29) is 11.1 Å². The van der Waals surface area contributed by atoms with Gasteiger partial charge in [-0.05, 0) is 13.8 Å². The average Bonchev–Trinajstić information content (AvgIpc) is 2.13. The molecule has 0 aliphatic heterocycles. The molecule has 0 saturated heterocycles. The minimum atomic E-state index is -1.18. The number of hydrogen-bond acceptors (Lipinski definition) is 4. The Labute approximate surface area is 86.2 Å². The Bertz CT molecular complexity index is 342. The average molecular weight is 213 g/mol. The molecular weight excluding hydrogens is 202 g/mol. The molecule has 0 aromatic rings. The van der Waals surface area contributed by atoms with Crippen LogP contribution in [0.4, 0.5) is 4.79 Å². The van der Waals surface area contributed by atoms with Crippen molar-refractivity contribution in [2.24, 2.45) is 0 Å². The van der Waals surface area contributed by atoms with Crippen molar-refractivity contribution < 1.29 is 24.2 Å². The number of carboxylic acids is 1. The highest BCUT2D eigenvalue weighted by Crippen LogP contribution is 1.93. The van der Waals surface area contributed by atoms with Crippen molar-refractivity contribution in [2.45, 2.75) is 13.8 Å². The number of carboxylic acid groups (broad SMARTS) is 1. The first-order valence-corrected chi connectivity index (χ1v) is 3.93. The molecule has 0 radical (unpaired) electrons. The third-order valence-electron chi connectivity index (χ3n) is 1.28. The molecule has 0 aromatic heterocycles. The van der Waals surface area contributed by atoms with Crippen molar-refractivity contribution in [1.29, 1.82) is 0 Å².